The van der Waals surface area contributed by atoms with E-state index in [4.69, 9.17) is 22.1 Å². The lowest BCUT2D eigenvalue weighted by Crippen LogP contribution is -2.00. The first kappa shape index (κ1) is 12.3. The number of aryl methyl sites for hydroxylation is 1. The van der Waals surface area contributed by atoms with Gasteiger partial charge in [0.1, 0.15) is 5.75 Å². The summed E-state index contributed by atoms with van der Waals surface area (Å²) in [6.45, 7) is 2.81. The third kappa shape index (κ3) is 3.40. The molecule has 1 rings (SSSR count). The summed E-state index contributed by atoms with van der Waals surface area (Å²) in [7, 11) is 1.67. The summed E-state index contributed by atoms with van der Waals surface area (Å²) in [4.78, 5) is 0. The molecule has 0 spiro atoms. The van der Waals surface area contributed by atoms with Crippen molar-refractivity contribution in [1.29, 1.82) is 0 Å². The number of ether oxygens (including phenoxy) is 1. The van der Waals surface area contributed by atoms with Crippen LogP contribution in [0.2, 0.25) is 5.02 Å². The van der Waals surface area contributed by atoms with Gasteiger partial charge in [-0.3, -0.25) is 0 Å². The summed E-state index contributed by atoms with van der Waals surface area (Å²) in [6, 6.07) is 3.86. The monoisotopic (exact) mass is 227 g/mol. The zero-order valence-electron chi connectivity index (χ0n) is 9.35. The molecule has 0 fully saturated rings. The van der Waals surface area contributed by atoms with Crippen molar-refractivity contribution in [3.8, 4) is 5.75 Å². The van der Waals surface area contributed by atoms with Gasteiger partial charge in [-0.1, -0.05) is 11.6 Å². The highest BCUT2D eigenvalue weighted by Crippen LogP contribution is 2.27. The van der Waals surface area contributed by atoms with Crippen LogP contribution in [-0.2, 0) is 6.42 Å². The molecule has 0 amide bonds. The molecule has 84 valence electrons. The van der Waals surface area contributed by atoms with Crippen molar-refractivity contribution in [2.45, 2.75) is 26.2 Å². The quantitative estimate of drug-likeness (QED) is 0.785. The first-order valence-corrected chi connectivity index (χ1v) is 5.60. The predicted molar refractivity (Wildman–Crippen MR) is 64.7 cm³/mol. The Hall–Kier alpha value is -0.730. The number of rotatable bonds is 5. The Labute approximate surface area is 96.4 Å². The molecule has 2 nitrogen and oxygen atoms in total. The Morgan fingerprint density at radius 2 is 2.07 bits per heavy atom. The fourth-order valence-electron chi connectivity index (χ4n) is 1.64. The van der Waals surface area contributed by atoms with E-state index in [0.717, 1.165) is 36.6 Å². The molecular weight excluding hydrogens is 210 g/mol. The molecule has 2 N–H and O–H groups in total. The maximum Gasteiger partial charge on any atom is 0.123 e. The Morgan fingerprint density at radius 3 is 2.67 bits per heavy atom. The fraction of sp³-hybridized carbons (Fsp3) is 0.500. The molecule has 0 heterocycles. The van der Waals surface area contributed by atoms with Crippen LogP contribution in [0.15, 0.2) is 12.1 Å². The molecule has 0 aromatic heterocycles. The van der Waals surface area contributed by atoms with Gasteiger partial charge in [0.05, 0.1) is 7.11 Å². The van der Waals surface area contributed by atoms with Crippen LogP contribution in [0.1, 0.15) is 24.0 Å². The summed E-state index contributed by atoms with van der Waals surface area (Å²) in [5.74, 6) is 0.866. The zero-order chi connectivity index (χ0) is 11.3. The van der Waals surface area contributed by atoms with E-state index < -0.39 is 0 Å². The van der Waals surface area contributed by atoms with Gasteiger partial charge in [-0.2, -0.15) is 0 Å². The van der Waals surface area contributed by atoms with E-state index in [1.807, 2.05) is 12.1 Å². The lowest BCUT2D eigenvalue weighted by atomic mass is 10.0. The summed E-state index contributed by atoms with van der Waals surface area (Å²) < 4.78 is 5.26. The molecule has 0 radical (unpaired) electrons. The Kier molecular flexibility index (Phi) is 4.92. The number of methoxy groups -OCH3 is 1. The third-order valence-electron chi connectivity index (χ3n) is 2.55. The van der Waals surface area contributed by atoms with Gasteiger partial charge < -0.3 is 10.5 Å². The average molecular weight is 228 g/mol. The largest absolute Gasteiger partial charge is 0.496 e. The topological polar surface area (TPSA) is 35.2 Å². The van der Waals surface area contributed by atoms with E-state index in [0.29, 0.717) is 0 Å². The molecule has 0 aliphatic carbocycles. The minimum atomic E-state index is 0.736. The molecule has 0 bridgehead atoms. The molecule has 0 saturated carbocycles. The van der Waals surface area contributed by atoms with E-state index in [2.05, 4.69) is 6.92 Å². The molecule has 0 unspecified atom stereocenters. The minimum Gasteiger partial charge on any atom is -0.496 e. The molecule has 15 heavy (non-hydrogen) atoms. The van der Waals surface area contributed by atoms with Crippen LogP contribution in [0, 0.1) is 6.92 Å². The molecular formula is C12H18ClNO. The van der Waals surface area contributed by atoms with Crippen molar-refractivity contribution in [1.82, 2.24) is 0 Å². The van der Waals surface area contributed by atoms with Gasteiger partial charge in [0.25, 0.3) is 0 Å². The number of nitrogens with two attached hydrogens (primary N) is 1. The van der Waals surface area contributed by atoms with Gasteiger partial charge in [0.15, 0.2) is 0 Å². The van der Waals surface area contributed by atoms with E-state index >= 15 is 0 Å². The molecule has 0 atom stereocenters. The lowest BCUT2D eigenvalue weighted by Gasteiger charge is -2.11. The van der Waals surface area contributed by atoms with Gasteiger partial charge >= 0.3 is 0 Å². The second-order valence-electron chi connectivity index (χ2n) is 3.64. The SMILES string of the molecule is COc1cc(Cl)cc(CCCCN)c1C. The van der Waals surface area contributed by atoms with E-state index in [1.54, 1.807) is 7.11 Å². The predicted octanol–water partition coefficient (Wildman–Crippen LogP) is 2.94. The third-order valence-corrected chi connectivity index (χ3v) is 2.77. The summed E-state index contributed by atoms with van der Waals surface area (Å²) in [5.41, 5.74) is 7.90. The second-order valence-corrected chi connectivity index (χ2v) is 4.07. The summed E-state index contributed by atoms with van der Waals surface area (Å²) in [6.07, 6.45) is 3.16. The second kappa shape index (κ2) is 5.99. The van der Waals surface area contributed by atoms with E-state index in [9.17, 15) is 0 Å². The normalized spacial score (nSPS) is 10.4. The average Bonchev–Trinajstić information content (AvgIpc) is 2.23. The number of hydrogen-bond acceptors (Lipinski definition) is 2. The smallest absolute Gasteiger partial charge is 0.123 e. The zero-order valence-corrected chi connectivity index (χ0v) is 10.1. The molecule has 0 saturated heterocycles. The molecule has 3 heteroatoms. The Morgan fingerprint density at radius 1 is 1.33 bits per heavy atom. The number of unbranched alkanes of at least 4 members (excludes halogenated alkanes) is 1. The van der Waals surface area contributed by atoms with Crippen molar-refractivity contribution in [2.24, 2.45) is 5.73 Å². The summed E-state index contributed by atoms with van der Waals surface area (Å²) >= 11 is 6.01. The highest BCUT2D eigenvalue weighted by molar-refractivity contribution is 6.30. The van der Waals surface area contributed by atoms with E-state index in [1.165, 1.54) is 11.1 Å². The lowest BCUT2D eigenvalue weighted by molar-refractivity contribution is 0.411. The van der Waals surface area contributed by atoms with Crippen LogP contribution in [0.25, 0.3) is 0 Å². The summed E-state index contributed by atoms with van der Waals surface area (Å²) in [5, 5.41) is 0.736. The van der Waals surface area contributed by atoms with Crippen LogP contribution in [-0.4, -0.2) is 13.7 Å². The maximum atomic E-state index is 6.01. The van der Waals surface area contributed by atoms with Crippen molar-refractivity contribution in [3.63, 3.8) is 0 Å². The van der Waals surface area contributed by atoms with Gasteiger partial charge in [0, 0.05) is 5.02 Å². The van der Waals surface area contributed by atoms with Crippen molar-refractivity contribution in [3.05, 3.63) is 28.3 Å². The molecule has 0 aliphatic heterocycles. The standard InChI is InChI=1S/C12H18ClNO/c1-9-10(5-3-4-6-14)7-11(13)8-12(9)15-2/h7-8H,3-6,14H2,1-2H3. The molecule has 1 aromatic rings. The van der Waals surface area contributed by atoms with Crippen LogP contribution >= 0.6 is 11.6 Å². The highest BCUT2D eigenvalue weighted by atomic mass is 35.5. The van der Waals surface area contributed by atoms with Crippen molar-refractivity contribution in [2.75, 3.05) is 13.7 Å². The Balaban J connectivity index is 2.81. The number of benzene rings is 1. The highest BCUT2D eigenvalue weighted by Gasteiger charge is 2.06. The Bertz CT molecular complexity index is 326. The first-order chi connectivity index (χ1) is 7.19. The number of hydrogen-bond donors (Lipinski definition) is 1. The van der Waals surface area contributed by atoms with Crippen molar-refractivity contribution < 1.29 is 4.74 Å². The van der Waals surface area contributed by atoms with E-state index in [-0.39, 0.29) is 0 Å². The van der Waals surface area contributed by atoms with Gasteiger partial charge in [-0.05, 0) is 56.0 Å². The molecule has 1 aromatic carbocycles. The first-order valence-electron chi connectivity index (χ1n) is 5.22. The number of halogens is 1. The maximum absolute atomic E-state index is 6.01. The van der Waals surface area contributed by atoms with Crippen LogP contribution in [0.4, 0.5) is 0 Å². The van der Waals surface area contributed by atoms with Gasteiger partial charge in [0.2, 0.25) is 0 Å². The fourth-order valence-corrected chi connectivity index (χ4v) is 1.87. The van der Waals surface area contributed by atoms with Crippen LogP contribution in [0.5, 0.6) is 5.75 Å². The van der Waals surface area contributed by atoms with Crippen molar-refractivity contribution >= 4 is 11.6 Å². The van der Waals surface area contributed by atoms with Crippen LogP contribution in [0.3, 0.4) is 0 Å². The minimum absolute atomic E-state index is 0.736. The molecule has 0 aliphatic rings. The van der Waals surface area contributed by atoms with Gasteiger partial charge in [-0.25, -0.2) is 0 Å². The van der Waals surface area contributed by atoms with Crippen LogP contribution < -0.4 is 10.5 Å². The van der Waals surface area contributed by atoms with Gasteiger partial charge in [-0.15, -0.1) is 0 Å².